The molecular formula is C51H88O44. The van der Waals surface area contributed by atoms with Crippen molar-refractivity contribution < 1.29 is 219 Å². The molecule has 0 unspecified atom stereocenters. The van der Waals surface area contributed by atoms with Gasteiger partial charge < -0.3 is 219 Å². The Balaban J connectivity index is 1.14. The van der Waals surface area contributed by atoms with Crippen molar-refractivity contribution in [1.29, 1.82) is 0 Å². The highest BCUT2D eigenvalue weighted by atomic mass is 16.8. The van der Waals surface area contributed by atoms with Gasteiger partial charge in [-0.05, 0) is 0 Å². The van der Waals surface area contributed by atoms with Crippen LogP contribution in [-0.4, -0.2) is 465 Å². The molecule has 0 saturated carbocycles. The maximum atomic E-state index is 12.4. The minimum Gasteiger partial charge on any atom is -0.394 e. The van der Waals surface area contributed by atoms with Gasteiger partial charge in [0.2, 0.25) is 0 Å². The normalized spacial score (nSPS) is 52.0. The van der Waals surface area contributed by atoms with Crippen molar-refractivity contribution in [2.24, 2.45) is 0 Å². The van der Waals surface area contributed by atoms with Crippen LogP contribution in [0, 0.1) is 0 Å². The van der Waals surface area contributed by atoms with Crippen LogP contribution in [0.15, 0.2) is 0 Å². The first kappa shape index (κ1) is 79.0. The standard InChI is InChI=1S/C51H88O44/c52-1-9(60)35-25(70)23(68)28(73)47(88-35)85-15(7-58)37-30(75)41(34(79)49(90-37)91-40-29(74)36(10(61)2-53)87-44(80)32(40)77)92-48-33(78)39(20(65)14(6-57)83-48)93-51-43(31(76)38(16(8-59)86-51)89-45-26(71)21(66)17(62)11(3-54)81-45)95-50-42(24(69)19(64)13(5-56)84-50)94-46-27(72)22(67)18(63)12(4-55)82-46/h9-80H,1-8H2/t9-,10-,11+,12+,13+,14+,15-,16+,17-,18-,19-,20+,21-,22-,23-,24-,25-,26+,27+,28-,29+,30+,31-,32-,33+,34-,35+,36+,37+,38+,39-,40-,41-,42+,43+,44-,45-,46+,47-,48+,49+,50+,51+/m0/s1. The molecule has 95 heavy (non-hydrogen) atoms. The summed E-state index contributed by atoms with van der Waals surface area (Å²) in [7, 11) is 0. The third kappa shape index (κ3) is 16.4. The molecule has 0 bridgehead atoms. The molecule has 0 spiro atoms. The minimum absolute atomic E-state index is 1.02. The number of aliphatic hydroxyl groups is 29. The molecule has 0 aromatic heterocycles. The van der Waals surface area contributed by atoms with E-state index in [1.807, 2.05) is 0 Å². The summed E-state index contributed by atoms with van der Waals surface area (Å²) in [5.41, 5.74) is 0. The van der Waals surface area contributed by atoms with Gasteiger partial charge in [-0.1, -0.05) is 0 Å². The molecule has 556 valence electrons. The molecule has 44 nitrogen and oxygen atoms in total. The second kappa shape index (κ2) is 34.0. The van der Waals surface area contributed by atoms with Gasteiger partial charge in [-0.25, -0.2) is 0 Å². The molecule has 44 heteroatoms. The molecule has 8 fully saturated rings. The van der Waals surface area contributed by atoms with E-state index in [9.17, 15) is 148 Å². The summed E-state index contributed by atoms with van der Waals surface area (Å²) in [4.78, 5) is 0. The van der Waals surface area contributed by atoms with E-state index in [1.54, 1.807) is 0 Å². The van der Waals surface area contributed by atoms with Crippen LogP contribution >= 0.6 is 0 Å². The Morgan fingerprint density at radius 1 is 0.232 bits per heavy atom. The van der Waals surface area contributed by atoms with E-state index < -0.39 is 317 Å². The Bertz CT molecular complexity index is 2290. The van der Waals surface area contributed by atoms with Crippen molar-refractivity contribution in [3.05, 3.63) is 0 Å². The molecule has 8 aliphatic rings. The predicted molar refractivity (Wildman–Crippen MR) is 282 cm³/mol. The molecule has 0 aliphatic carbocycles. The largest absolute Gasteiger partial charge is 0.394 e. The third-order valence-corrected chi connectivity index (χ3v) is 17.7. The van der Waals surface area contributed by atoms with Crippen LogP contribution in [0.1, 0.15) is 0 Å². The lowest BCUT2D eigenvalue weighted by Gasteiger charge is -2.51. The van der Waals surface area contributed by atoms with Gasteiger partial charge in [-0.15, -0.1) is 0 Å². The van der Waals surface area contributed by atoms with Gasteiger partial charge in [0.25, 0.3) is 0 Å². The summed E-state index contributed by atoms with van der Waals surface area (Å²) in [6.45, 7) is -9.31. The fourth-order valence-electron chi connectivity index (χ4n) is 12.1. The lowest BCUT2D eigenvalue weighted by molar-refractivity contribution is -0.416. The molecule has 0 aromatic rings. The molecule has 43 atom stereocenters. The molecule has 0 radical (unpaired) electrons. The first-order chi connectivity index (χ1) is 45.0. The summed E-state index contributed by atoms with van der Waals surface area (Å²) in [5.74, 6) is 0. The van der Waals surface area contributed by atoms with E-state index in [1.165, 1.54) is 0 Å². The molecule has 8 rings (SSSR count). The first-order valence-electron chi connectivity index (χ1n) is 30.0. The fraction of sp³-hybridized carbons (Fsp3) is 1.00. The highest BCUT2D eigenvalue weighted by Crippen LogP contribution is 2.40. The molecule has 8 saturated heterocycles. The van der Waals surface area contributed by atoms with Crippen molar-refractivity contribution in [3.63, 3.8) is 0 Å². The van der Waals surface area contributed by atoms with Crippen LogP contribution in [0.5, 0.6) is 0 Å². The van der Waals surface area contributed by atoms with Gasteiger partial charge in [-0.2, -0.15) is 0 Å². The monoisotopic (exact) mass is 1400 g/mol. The van der Waals surface area contributed by atoms with E-state index in [4.69, 9.17) is 71.1 Å². The second-order valence-corrected chi connectivity index (χ2v) is 23.8. The molecular weight excluding hydrogens is 1320 g/mol. The lowest BCUT2D eigenvalue weighted by Crippen LogP contribution is -2.70. The maximum absolute atomic E-state index is 12.4. The minimum atomic E-state index is -2.62. The molecule has 0 aromatic carbocycles. The quantitative estimate of drug-likeness (QED) is 0.0404. The van der Waals surface area contributed by atoms with Crippen LogP contribution in [0.4, 0.5) is 0 Å². The SMILES string of the molecule is OC[C@H](O[C@H]1O[C@H]([C@@H](O)CO)[C@@H](O)[C@H](O)[C@@H]1O)[C@H]1O[C@H](O[C@H]2[C@H](O)[C@@H]([C@@H](O)CO)O[C@H](O)[C@H]2O)[C@@H](O)[C@@H](O[C@H]2O[C@H](CO)[C@@H](O)[C@H](O[C@H]3O[C@H](CO)[C@@H](O[C@@H]4O[C@H](CO)[C@H](O)[C@H](O)[C@H]4O)[C@H](O)[C@H]3O[C@H]3O[C@H](CO)[C@H](O)[C@H](O)[C@H]3O[C@H]3O[C@H](CO)[C@H](O)[C@H](O)[C@H]3O)[C@H]2O)[C@@H]1O. The van der Waals surface area contributed by atoms with Crippen LogP contribution in [0.3, 0.4) is 0 Å². The smallest absolute Gasteiger partial charge is 0.187 e. The summed E-state index contributed by atoms with van der Waals surface area (Å²) in [6.07, 6.45) is -95.5. The Hall–Kier alpha value is -1.76. The van der Waals surface area contributed by atoms with Crippen molar-refractivity contribution in [2.75, 3.05) is 52.9 Å². The summed E-state index contributed by atoms with van der Waals surface area (Å²) in [6, 6.07) is 0. The lowest BCUT2D eigenvalue weighted by atomic mass is 9.92. The van der Waals surface area contributed by atoms with E-state index in [-0.39, 0.29) is 0 Å². The maximum Gasteiger partial charge on any atom is 0.187 e. The summed E-state index contributed by atoms with van der Waals surface area (Å²) in [5, 5.41) is 315. The van der Waals surface area contributed by atoms with Gasteiger partial charge in [0.05, 0.1) is 52.9 Å². The first-order valence-corrected chi connectivity index (χ1v) is 30.0. The van der Waals surface area contributed by atoms with Gasteiger partial charge in [0.15, 0.2) is 50.3 Å². The highest BCUT2D eigenvalue weighted by molar-refractivity contribution is 5.03. The van der Waals surface area contributed by atoms with Crippen molar-refractivity contribution in [3.8, 4) is 0 Å². The van der Waals surface area contributed by atoms with Crippen molar-refractivity contribution in [1.82, 2.24) is 0 Å². The van der Waals surface area contributed by atoms with Gasteiger partial charge >= 0.3 is 0 Å². The zero-order chi connectivity index (χ0) is 70.1. The Morgan fingerprint density at radius 3 is 1.04 bits per heavy atom. The Labute approximate surface area is 535 Å². The van der Waals surface area contributed by atoms with E-state index in [0.29, 0.717) is 0 Å². The number of aliphatic hydroxyl groups excluding tert-OH is 29. The third-order valence-electron chi connectivity index (χ3n) is 17.7. The summed E-state index contributed by atoms with van der Waals surface area (Å²) < 4.78 is 85.8. The number of hydrogen-bond acceptors (Lipinski definition) is 44. The van der Waals surface area contributed by atoms with Gasteiger partial charge in [0.1, 0.15) is 214 Å². The highest BCUT2D eigenvalue weighted by Gasteiger charge is 2.61. The van der Waals surface area contributed by atoms with E-state index >= 15 is 0 Å². The molecule has 8 heterocycles. The van der Waals surface area contributed by atoms with Crippen LogP contribution in [0.25, 0.3) is 0 Å². The second-order valence-electron chi connectivity index (χ2n) is 23.8. The van der Waals surface area contributed by atoms with E-state index in [0.717, 1.165) is 0 Å². The topological polar surface area (TPSA) is 725 Å². The number of hydrogen-bond donors (Lipinski definition) is 29. The predicted octanol–water partition coefficient (Wildman–Crippen LogP) is -20.4. The Kier molecular flexibility index (Phi) is 28.3. The number of rotatable bonds is 25. The molecule has 8 aliphatic heterocycles. The van der Waals surface area contributed by atoms with Crippen LogP contribution in [-0.2, 0) is 71.1 Å². The average Bonchev–Trinajstić information content (AvgIpc) is 0.773. The molecule has 0 amide bonds. The van der Waals surface area contributed by atoms with Crippen molar-refractivity contribution >= 4 is 0 Å². The molecule has 29 N–H and O–H groups in total. The van der Waals surface area contributed by atoms with Gasteiger partial charge in [-0.3, -0.25) is 0 Å². The summed E-state index contributed by atoms with van der Waals surface area (Å²) >= 11 is 0. The zero-order valence-corrected chi connectivity index (χ0v) is 49.6. The van der Waals surface area contributed by atoms with Crippen LogP contribution < -0.4 is 0 Å². The van der Waals surface area contributed by atoms with E-state index in [2.05, 4.69) is 0 Å². The Morgan fingerprint density at radius 2 is 0.558 bits per heavy atom. The zero-order valence-electron chi connectivity index (χ0n) is 49.6. The van der Waals surface area contributed by atoms with Crippen molar-refractivity contribution in [2.45, 2.75) is 264 Å². The van der Waals surface area contributed by atoms with Crippen LogP contribution in [0.2, 0.25) is 0 Å². The average molecular weight is 1410 g/mol. The fourth-order valence-corrected chi connectivity index (χ4v) is 12.1. The van der Waals surface area contributed by atoms with Gasteiger partial charge in [0, 0.05) is 0 Å². The number of ether oxygens (including phenoxy) is 15.